The summed E-state index contributed by atoms with van der Waals surface area (Å²) in [6.07, 6.45) is -1.28. The summed E-state index contributed by atoms with van der Waals surface area (Å²) in [5, 5.41) is 43.4. The van der Waals surface area contributed by atoms with Crippen LogP contribution in [0.15, 0.2) is 47.7 Å². The molecule has 1 amide bonds. The molecule has 0 radical (unpaired) electrons. The van der Waals surface area contributed by atoms with Gasteiger partial charge in [0.25, 0.3) is 0 Å². The van der Waals surface area contributed by atoms with Crippen molar-refractivity contribution in [3.63, 3.8) is 0 Å². The van der Waals surface area contributed by atoms with Crippen molar-refractivity contribution in [3.8, 4) is 23.3 Å². The molecule has 0 aliphatic heterocycles. The summed E-state index contributed by atoms with van der Waals surface area (Å²) >= 11 is 0. The van der Waals surface area contributed by atoms with Gasteiger partial charge in [0, 0.05) is 22.6 Å². The minimum absolute atomic E-state index is 0.0629. The number of Topliss-reactive ketones (excluding diaryl/α,β-unsaturated/α-hetero) is 2. The van der Waals surface area contributed by atoms with Crippen LogP contribution in [0.3, 0.4) is 0 Å². The van der Waals surface area contributed by atoms with Crippen LogP contribution in [0.4, 0.5) is 0 Å². The topological polar surface area (TPSA) is 167 Å². The molecule has 0 spiro atoms. The summed E-state index contributed by atoms with van der Waals surface area (Å²) in [4.78, 5) is 38.5. The number of benzene rings is 2. The van der Waals surface area contributed by atoms with Crippen LogP contribution in [0.1, 0.15) is 39.9 Å². The van der Waals surface area contributed by atoms with Crippen molar-refractivity contribution < 1.29 is 39.5 Å². The molecule has 1 fully saturated rings. The molecular formula is C28H25NO8. The highest BCUT2D eigenvalue weighted by Gasteiger charge is 2.62. The third kappa shape index (κ3) is 3.68. The lowest BCUT2D eigenvalue weighted by Crippen LogP contribution is -2.63. The molecule has 2 aromatic rings. The van der Waals surface area contributed by atoms with Crippen molar-refractivity contribution in [1.82, 2.24) is 0 Å². The van der Waals surface area contributed by atoms with Crippen molar-refractivity contribution in [1.29, 1.82) is 0 Å². The van der Waals surface area contributed by atoms with Gasteiger partial charge in [0.15, 0.2) is 17.2 Å². The molecule has 5 atom stereocenters. The zero-order chi connectivity index (χ0) is 26.6. The van der Waals surface area contributed by atoms with E-state index in [1.807, 2.05) is 0 Å². The van der Waals surface area contributed by atoms with Crippen LogP contribution in [0.25, 0.3) is 0 Å². The van der Waals surface area contributed by atoms with Crippen LogP contribution < -0.4 is 10.5 Å². The van der Waals surface area contributed by atoms with Gasteiger partial charge in [-0.05, 0) is 61.1 Å². The monoisotopic (exact) mass is 503 g/mol. The molecule has 190 valence electrons. The molecule has 1 saturated carbocycles. The zero-order valence-corrected chi connectivity index (χ0v) is 19.9. The number of ether oxygens (including phenoxy) is 1. The molecule has 0 bridgehead atoms. The van der Waals surface area contributed by atoms with Crippen LogP contribution in [-0.4, -0.2) is 56.7 Å². The predicted molar refractivity (Wildman–Crippen MR) is 130 cm³/mol. The number of hydrogen-bond donors (Lipinski definition) is 5. The fourth-order valence-corrected chi connectivity index (χ4v) is 5.88. The first kappa shape index (κ1) is 24.6. The van der Waals surface area contributed by atoms with E-state index in [2.05, 4.69) is 11.8 Å². The Balaban J connectivity index is 1.60. The Morgan fingerprint density at radius 2 is 1.89 bits per heavy atom. The number of aliphatic hydroxyl groups is 3. The van der Waals surface area contributed by atoms with Gasteiger partial charge in [0.1, 0.15) is 23.2 Å². The van der Waals surface area contributed by atoms with E-state index >= 15 is 0 Å². The molecule has 9 heteroatoms. The van der Waals surface area contributed by atoms with E-state index in [1.54, 1.807) is 37.4 Å². The van der Waals surface area contributed by atoms with Crippen molar-refractivity contribution in [2.45, 2.75) is 31.0 Å². The number of allylic oxidation sites excluding steroid dienone is 1. The van der Waals surface area contributed by atoms with Gasteiger partial charge in [0.2, 0.25) is 5.91 Å². The van der Waals surface area contributed by atoms with Crippen molar-refractivity contribution in [2.24, 2.45) is 23.5 Å². The van der Waals surface area contributed by atoms with Gasteiger partial charge in [-0.3, -0.25) is 14.4 Å². The van der Waals surface area contributed by atoms with Gasteiger partial charge in [-0.15, -0.1) is 0 Å². The molecule has 3 aliphatic rings. The van der Waals surface area contributed by atoms with E-state index < -0.39 is 52.7 Å². The number of phenolic OH excluding ortho intramolecular Hbond substituents is 1. The highest BCUT2D eigenvalue weighted by molar-refractivity contribution is 6.15. The summed E-state index contributed by atoms with van der Waals surface area (Å²) in [5.41, 5.74) is 4.18. The molecule has 6 N–H and O–H groups in total. The SMILES string of the molecule is COc1cccc(C#Cc2ccc(O)c3c2C[C@H]2C[C@H]4CC(O)C(C(N)=O)C(=O)[C@@]4(O)C(O)=C2C3=O)c1. The van der Waals surface area contributed by atoms with Crippen molar-refractivity contribution in [3.05, 3.63) is 70.0 Å². The highest BCUT2D eigenvalue weighted by Crippen LogP contribution is 2.51. The maximum atomic E-state index is 13.6. The summed E-state index contributed by atoms with van der Waals surface area (Å²) in [6, 6.07) is 10.1. The Bertz CT molecular complexity index is 1450. The molecule has 0 saturated heterocycles. The molecule has 9 nitrogen and oxygen atoms in total. The number of primary amides is 1. The van der Waals surface area contributed by atoms with Gasteiger partial charge < -0.3 is 30.9 Å². The largest absolute Gasteiger partial charge is 0.508 e. The predicted octanol–water partition coefficient (Wildman–Crippen LogP) is 1.15. The van der Waals surface area contributed by atoms with Gasteiger partial charge in [-0.1, -0.05) is 17.9 Å². The third-order valence-corrected chi connectivity index (χ3v) is 7.68. The van der Waals surface area contributed by atoms with E-state index in [0.29, 0.717) is 22.4 Å². The number of hydrogen-bond acceptors (Lipinski definition) is 8. The Labute approximate surface area is 212 Å². The maximum absolute atomic E-state index is 13.6. The normalized spacial score (nSPS) is 28.4. The fraction of sp³-hybridized carbons (Fsp3) is 0.321. The van der Waals surface area contributed by atoms with E-state index in [-0.39, 0.29) is 36.1 Å². The summed E-state index contributed by atoms with van der Waals surface area (Å²) in [7, 11) is 1.55. The molecule has 37 heavy (non-hydrogen) atoms. The summed E-state index contributed by atoms with van der Waals surface area (Å²) in [6.45, 7) is 0. The second-order valence-corrected chi connectivity index (χ2v) is 9.71. The lowest BCUT2D eigenvalue weighted by molar-refractivity contribution is -0.167. The number of ketones is 2. The zero-order valence-electron chi connectivity index (χ0n) is 19.9. The number of fused-ring (bicyclic) bond motifs is 3. The average Bonchev–Trinajstić information content (AvgIpc) is 2.85. The van der Waals surface area contributed by atoms with Crippen LogP contribution in [0, 0.1) is 29.6 Å². The standard InChI is InChI=1S/C28H25NO8/c1-37-17-4-2-3-13(9-17)5-6-14-7-8-19(30)22-18(14)11-15-10-16-12-20(31)23(27(29)35)26(34)28(16,36)25(33)21(15)24(22)32/h2-4,7-9,15-16,20,23,30-31,33,36H,10-12H2,1H3,(H2,29,35)/t15-,16+,20?,23?,28+/m1/s1. The van der Waals surface area contributed by atoms with Crippen molar-refractivity contribution >= 4 is 17.5 Å². The lowest BCUT2D eigenvalue weighted by atomic mass is 9.57. The quantitative estimate of drug-likeness (QED) is 0.301. The molecule has 0 heterocycles. The number of phenols is 1. The smallest absolute Gasteiger partial charge is 0.230 e. The molecule has 5 rings (SSSR count). The summed E-state index contributed by atoms with van der Waals surface area (Å²) < 4.78 is 5.22. The number of rotatable bonds is 2. The van der Waals surface area contributed by atoms with Gasteiger partial charge in [-0.25, -0.2) is 0 Å². The Morgan fingerprint density at radius 1 is 1.14 bits per heavy atom. The Kier molecular flexibility index (Phi) is 5.82. The van der Waals surface area contributed by atoms with Crippen LogP contribution >= 0.6 is 0 Å². The second-order valence-electron chi connectivity index (χ2n) is 9.71. The average molecular weight is 504 g/mol. The number of aromatic hydroxyl groups is 1. The van der Waals surface area contributed by atoms with E-state index in [9.17, 15) is 34.8 Å². The van der Waals surface area contributed by atoms with Gasteiger partial charge in [-0.2, -0.15) is 0 Å². The molecule has 0 aromatic heterocycles. The number of aliphatic hydroxyl groups excluding tert-OH is 2. The molecule has 2 unspecified atom stereocenters. The number of carbonyl (C=O) groups is 3. The molecule has 2 aromatic carbocycles. The van der Waals surface area contributed by atoms with Gasteiger partial charge in [0.05, 0.1) is 18.8 Å². The Hall–Kier alpha value is -4.13. The van der Waals surface area contributed by atoms with E-state index in [1.165, 1.54) is 6.07 Å². The fourth-order valence-electron chi connectivity index (χ4n) is 5.88. The van der Waals surface area contributed by atoms with Crippen LogP contribution in [0.2, 0.25) is 0 Å². The number of methoxy groups -OCH3 is 1. The second kappa shape index (κ2) is 8.76. The minimum Gasteiger partial charge on any atom is -0.508 e. The van der Waals surface area contributed by atoms with Crippen LogP contribution in [-0.2, 0) is 16.0 Å². The van der Waals surface area contributed by atoms with Gasteiger partial charge >= 0.3 is 0 Å². The van der Waals surface area contributed by atoms with Crippen molar-refractivity contribution in [2.75, 3.05) is 7.11 Å². The number of amides is 1. The Morgan fingerprint density at radius 3 is 2.59 bits per heavy atom. The molecule has 3 aliphatic carbocycles. The van der Waals surface area contributed by atoms with E-state index in [0.717, 1.165) is 0 Å². The maximum Gasteiger partial charge on any atom is 0.230 e. The summed E-state index contributed by atoms with van der Waals surface area (Å²) in [5.74, 6) is -0.677. The third-order valence-electron chi connectivity index (χ3n) is 7.68. The lowest BCUT2D eigenvalue weighted by Gasteiger charge is -2.48. The molecular weight excluding hydrogens is 478 g/mol. The van der Waals surface area contributed by atoms with E-state index in [4.69, 9.17) is 10.5 Å². The number of carbonyl (C=O) groups excluding carboxylic acids is 3. The first-order valence-electron chi connectivity index (χ1n) is 11.8. The first-order chi connectivity index (χ1) is 17.6. The minimum atomic E-state index is -2.53. The number of nitrogens with two attached hydrogens (primary N) is 1. The van der Waals surface area contributed by atoms with Crippen LogP contribution in [0.5, 0.6) is 11.5 Å². The first-order valence-corrected chi connectivity index (χ1v) is 11.8. The highest BCUT2D eigenvalue weighted by atomic mass is 16.5.